The normalized spacial score (nSPS) is 13.7. The van der Waals surface area contributed by atoms with Crippen LogP contribution >= 0.6 is 0 Å². The summed E-state index contributed by atoms with van der Waals surface area (Å²) in [6.45, 7) is 11.0. The Morgan fingerprint density at radius 2 is 1.83 bits per heavy atom. The Hall–Kier alpha value is -3.20. The number of amides is 2. The van der Waals surface area contributed by atoms with Gasteiger partial charge in [-0.1, -0.05) is 6.07 Å². The van der Waals surface area contributed by atoms with Crippen molar-refractivity contribution in [2.24, 2.45) is 0 Å². The maximum Gasteiger partial charge on any atom is 0.321 e. The van der Waals surface area contributed by atoms with Crippen LogP contribution in [-0.2, 0) is 0 Å². The lowest BCUT2D eigenvalue weighted by Gasteiger charge is -2.36. The van der Waals surface area contributed by atoms with Crippen LogP contribution in [0.25, 0.3) is 0 Å². The van der Waals surface area contributed by atoms with Gasteiger partial charge in [0, 0.05) is 56.3 Å². The van der Waals surface area contributed by atoms with E-state index in [-0.39, 0.29) is 6.03 Å². The molecule has 3 rings (SSSR count). The predicted octanol–water partition coefficient (Wildman–Crippen LogP) is 4.07. The van der Waals surface area contributed by atoms with Gasteiger partial charge < -0.3 is 20.0 Å². The van der Waals surface area contributed by atoms with Gasteiger partial charge in [0.15, 0.2) is 0 Å². The molecule has 6 nitrogen and oxygen atoms in total. The largest absolute Gasteiger partial charge is 0.372 e. The van der Waals surface area contributed by atoms with Crippen molar-refractivity contribution < 1.29 is 4.79 Å². The summed E-state index contributed by atoms with van der Waals surface area (Å²) < 4.78 is 0. The summed E-state index contributed by atoms with van der Waals surface area (Å²) in [5.74, 6) is 0. The molecule has 1 N–H and O–H groups in total. The van der Waals surface area contributed by atoms with Crippen LogP contribution in [-0.4, -0.2) is 50.2 Å². The zero-order chi connectivity index (χ0) is 20.8. The van der Waals surface area contributed by atoms with E-state index in [9.17, 15) is 4.79 Å². The summed E-state index contributed by atoms with van der Waals surface area (Å²) in [4.78, 5) is 19.1. The molecule has 0 bridgehead atoms. The number of carbonyl (C=O) groups excluding carboxylic acids is 1. The van der Waals surface area contributed by atoms with Gasteiger partial charge in [0.1, 0.15) is 0 Å². The molecule has 1 aliphatic rings. The van der Waals surface area contributed by atoms with Gasteiger partial charge in [-0.25, -0.2) is 4.79 Å². The van der Waals surface area contributed by atoms with Crippen LogP contribution in [0.15, 0.2) is 42.5 Å². The highest BCUT2D eigenvalue weighted by Gasteiger charge is 2.22. The van der Waals surface area contributed by atoms with Crippen LogP contribution in [0.4, 0.5) is 21.9 Å². The van der Waals surface area contributed by atoms with E-state index >= 15 is 0 Å². The first-order valence-electron chi connectivity index (χ1n) is 10.2. The fourth-order valence-corrected chi connectivity index (χ4v) is 3.71. The number of piperazine rings is 1. The van der Waals surface area contributed by atoms with Crippen LogP contribution in [0.5, 0.6) is 0 Å². The molecule has 1 heterocycles. The molecule has 1 fully saturated rings. The third-order valence-corrected chi connectivity index (χ3v) is 5.49. The van der Waals surface area contributed by atoms with Crippen molar-refractivity contribution in [2.45, 2.75) is 20.8 Å². The van der Waals surface area contributed by atoms with E-state index in [1.807, 2.05) is 36.1 Å². The van der Waals surface area contributed by atoms with Crippen LogP contribution in [0.2, 0.25) is 0 Å². The lowest BCUT2D eigenvalue weighted by atomic mass is 10.1. The minimum atomic E-state index is -0.0610. The Kier molecular flexibility index (Phi) is 6.61. The molecule has 2 amide bonds. The summed E-state index contributed by atoms with van der Waals surface area (Å²) >= 11 is 0. The van der Waals surface area contributed by atoms with Gasteiger partial charge in [0.2, 0.25) is 0 Å². The Morgan fingerprint density at radius 3 is 2.45 bits per heavy atom. The first-order valence-corrected chi connectivity index (χ1v) is 10.2. The molecule has 152 valence electrons. The molecule has 1 aliphatic heterocycles. The van der Waals surface area contributed by atoms with Crippen molar-refractivity contribution in [1.29, 1.82) is 5.26 Å². The average Bonchev–Trinajstić information content (AvgIpc) is 2.76. The second-order valence-corrected chi connectivity index (χ2v) is 7.24. The van der Waals surface area contributed by atoms with E-state index in [1.165, 1.54) is 5.69 Å². The molecule has 2 aromatic carbocycles. The van der Waals surface area contributed by atoms with Crippen molar-refractivity contribution in [1.82, 2.24) is 4.90 Å². The number of nitriles is 1. The first kappa shape index (κ1) is 20.5. The van der Waals surface area contributed by atoms with Crippen molar-refractivity contribution in [2.75, 3.05) is 54.4 Å². The van der Waals surface area contributed by atoms with Crippen LogP contribution in [0, 0.1) is 18.3 Å². The maximum absolute atomic E-state index is 12.7. The number of anilines is 3. The van der Waals surface area contributed by atoms with E-state index < -0.39 is 0 Å². The molecule has 0 unspecified atom stereocenters. The number of hydrogen-bond donors (Lipinski definition) is 1. The number of benzene rings is 2. The summed E-state index contributed by atoms with van der Waals surface area (Å²) in [5.41, 5.74) is 4.79. The molecule has 0 spiro atoms. The quantitative estimate of drug-likeness (QED) is 0.835. The summed E-state index contributed by atoms with van der Waals surface area (Å²) in [6.07, 6.45) is 0. The monoisotopic (exact) mass is 391 g/mol. The third kappa shape index (κ3) is 4.80. The Morgan fingerprint density at radius 1 is 1.10 bits per heavy atom. The zero-order valence-corrected chi connectivity index (χ0v) is 17.5. The average molecular weight is 392 g/mol. The molecule has 6 heteroatoms. The molecular weight excluding hydrogens is 362 g/mol. The van der Waals surface area contributed by atoms with Gasteiger partial charge >= 0.3 is 6.03 Å². The fourth-order valence-electron chi connectivity index (χ4n) is 3.71. The Bertz CT molecular complexity index is 892. The van der Waals surface area contributed by atoms with Gasteiger partial charge in [-0.3, -0.25) is 0 Å². The summed E-state index contributed by atoms with van der Waals surface area (Å²) in [6, 6.07) is 15.9. The minimum Gasteiger partial charge on any atom is -0.372 e. The first-order chi connectivity index (χ1) is 14.0. The highest BCUT2D eigenvalue weighted by molar-refractivity contribution is 5.90. The number of hydrogen-bond acceptors (Lipinski definition) is 4. The smallest absolute Gasteiger partial charge is 0.321 e. The molecule has 0 atom stereocenters. The molecule has 2 aromatic rings. The second-order valence-electron chi connectivity index (χ2n) is 7.24. The molecule has 0 radical (unpaired) electrons. The van der Waals surface area contributed by atoms with Gasteiger partial charge in [-0.2, -0.15) is 5.26 Å². The SMILES string of the molecule is CCN(CC)c1ccc(NC(=O)N2CCN(c3cccc(C#N)c3)CC2)c(C)c1. The Labute approximate surface area is 173 Å². The summed E-state index contributed by atoms with van der Waals surface area (Å²) in [7, 11) is 0. The van der Waals surface area contributed by atoms with Gasteiger partial charge in [0.25, 0.3) is 0 Å². The molecule has 29 heavy (non-hydrogen) atoms. The number of urea groups is 1. The number of carbonyl (C=O) groups is 1. The molecular formula is C23H29N5O. The van der Waals surface area contributed by atoms with Crippen molar-refractivity contribution in [3.05, 3.63) is 53.6 Å². The standard InChI is InChI=1S/C23H29N5O/c1-4-26(5-2)21-9-10-22(18(3)15-21)25-23(29)28-13-11-27(12-14-28)20-8-6-7-19(16-20)17-24/h6-10,15-16H,4-5,11-14H2,1-3H3,(H,25,29). The van der Waals surface area contributed by atoms with Gasteiger partial charge in [-0.15, -0.1) is 0 Å². The third-order valence-electron chi connectivity index (χ3n) is 5.49. The van der Waals surface area contributed by atoms with E-state index in [0.29, 0.717) is 18.7 Å². The maximum atomic E-state index is 12.7. The lowest BCUT2D eigenvalue weighted by molar-refractivity contribution is 0.208. The van der Waals surface area contributed by atoms with Crippen LogP contribution < -0.4 is 15.1 Å². The molecule has 0 aliphatic carbocycles. The van der Waals surface area contributed by atoms with Gasteiger partial charge in [-0.05, 0) is 62.7 Å². The predicted molar refractivity (Wildman–Crippen MR) is 119 cm³/mol. The summed E-state index contributed by atoms with van der Waals surface area (Å²) in [5, 5.41) is 12.1. The Balaban J connectivity index is 1.59. The number of nitrogens with one attached hydrogen (secondary N) is 1. The van der Waals surface area contributed by atoms with E-state index in [1.54, 1.807) is 6.07 Å². The number of nitrogens with zero attached hydrogens (tertiary/aromatic N) is 4. The highest BCUT2D eigenvalue weighted by Crippen LogP contribution is 2.23. The fraction of sp³-hybridized carbons (Fsp3) is 0.391. The number of aryl methyl sites for hydroxylation is 1. The highest BCUT2D eigenvalue weighted by atomic mass is 16.2. The second kappa shape index (κ2) is 9.33. The molecule has 0 saturated carbocycles. The lowest BCUT2D eigenvalue weighted by Crippen LogP contribution is -2.50. The molecule has 1 saturated heterocycles. The zero-order valence-electron chi connectivity index (χ0n) is 17.5. The number of rotatable bonds is 5. The molecule has 0 aromatic heterocycles. The van der Waals surface area contributed by atoms with E-state index in [0.717, 1.165) is 43.1 Å². The topological polar surface area (TPSA) is 62.6 Å². The minimum absolute atomic E-state index is 0.0610. The van der Waals surface area contributed by atoms with Gasteiger partial charge in [0.05, 0.1) is 11.6 Å². The van der Waals surface area contributed by atoms with Crippen molar-refractivity contribution in [3.8, 4) is 6.07 Å². The van der Waals surface area contributed by atoms with Crippen molar-refractivity contribution in [3.63, 3.8) is 0 Å². The van der Waals surface area contributed by atoms with Crippen molar-refractivity contribution >= 4 is 23.1 Å². The van der Waals surface area contributed by atoms with Crippen LogP contribution in [0.1, 0.15) is 25.0 Å². The van der Waals surface area contributed by atoms with E-state index in [4.69, 9.17) is 5.26 Å². The van der Waals surface area contributed by atoms with Crippen LogP contribution in [0.3, 0.4) is 0 Å². The van der Waals surface area contributed by atoms with E-state index in [2.05, 4.69) is 47.2 Å².